The van der Waals surface area contributed by atoms with Crippen LogP contribution < -0.4 is 14.9 Å². The highest BCUT2D eigenvalue weighted by molar-refractivity contribution is 8.00. The van der Waals surface area contributed by atoms with Crippen LogP contribution in [0.15, 0.2) is 83.8 Å². The number of fused-ring (bicyclic) bond motifs is 1. The third-order valence-electron chi connectivity index (χ3n) is 6.05. The molecule has 0 spiro atoms. The predicted molar refractivity (Wildman–Crippen MR) is 170 cm³/mol. The van der Waals surface area contributed by atoms with Gasteiger partial charge in [-0.1, -0.05) is 59.6 Å². The zero-order chi connectivity index (χ0) is 30.4. The Labute approximate surface area is 259 Å². The minimum absolute atomic E-state index is 0.0618. The monoisotopic (exact) mass is 623 g/mol. The van der Waals surface area contributed by atoms with Crippen LogP contribution in [0.2, 0.25) is 10.0 Å². The van der Waals surface area contributed by atoms with Crippen LogP contribution >= 0.6 is 35.1 Å². The van der Waals surface area contributed by atoms with Crippen molar-refractivity contribution in [3.8, 4) is 0 Å². The summed E-state index contributed by atoms with van der Waals surface area (Å²) in [6.07, 6.45) is 0. The summed E-state index contributed by atoms with van der Waals surface area (Å²) in [6, 6.07) is 23.3. The molecule has 0 aliphatic carbocycles. The van der Waals surface area contributed by atoms with Crippen LogP contribution in [0, 0.1) is 0 Å². The van der Waals surface area contributed by atoms with Gasteiger partial charge in [-0.2, -0.15) is 0 Å². The number of hydrogen-bond donors (Lipinski definition) is 2. The topological polar surface area (TPSA) is 87.7 Å². The first-order chi connectivity index (χ1) is 19.9. The molecular formula is C32H31Cl2N3O4S. The molecule has 0 heterocycles. The van der Waals surface area contributed by atoms with Crippen LogP contribution in [0.3, 0.4) is 0 Å². The molecule has 0 fully saturated rings. The molecule has 0 unspecified atom stereocenters. The quantitative estimate of drug-likeness (QED) is 0.150. The van der Waals surface area contributed by atoms with Gasteiger partial charge in [0.15, 0.2) is 0 Å². The van der Waals surface area contributed by atoms with Crippen LogP contribution in [-0.2, 0) is 16.1 Å². The highest BCUT2D eigenvalue weighted by atomic mass is 35.5. The van der Waals surface area contributed by atoms with Crippen molar-refractivity contribution in [2.45, 2.75) is 37.8 Å². The first-order valence-corrected chi connectivity index (χ1v) is 14.7. The lowest BCUT2D eigenvalue weighted by atomic mass is 10.0. The third kappa shape index (κ3) is 8.18. The normalized spacial score (nSPS) is 11.2. The third-order valence-corrected chi connectivity index (χ3v) is 7.48. The molecule has 0 radical (unpaired) electrons. The summed E-state index contributed by atoms with van der Waals surface area (Å²) < 4.78 is 7.43. The number of nitrogens with zero attached hydrogens (tertiary/aromatic N) is 1. The summed E-state index contributed by atoms with van der Waals surface area (Å²) in [5, 5.41) is 8.01. The van der Waals surface area contributed by atoms with Crippen LogP contribution in [0.1, 0.15) is 47.1 Å². The van der Waals surface area contributed by atoms with Crippen molar-refractivity contribution < 1.29 is 19.1 Å². The van der Waals surface area contributed by atoms with Gasteiger partial charge in [-0.25, -0.2) is 0 Å². The Bertz CT molecular complexity index is 1600. The Morgan fingerprint density at radius 1 is 0.857 bits per heavy atom. The van der Waals surface area contributed by atoms with Crippen molar-refractivity contribution in [3.63, 3.8) is 0 Å². The van der Waals surface area contributed by atoms with Gasteiger partial charge < -0.3 is 19.7 Å². The fourth-order valence-corrected chi connectivity index (χ4v) is 5.97. The fraction of sp³-hybridized carbons (Fsp3) is 0.219. The summed E-state index contributed by atoms with van der Waals surface area (Å²) in [4.78, 5) is 38.8. The molecular weight excluding hydrogens is 593 g/mol. The molecule has 10 heteroatoms. The van der Waals surface area contributed by atoms with E-state index in [1.165, 1.54) is 11.9 Å². The number of rotatable bonds is 9. The number of carbonyl (C=O) groups is 3. The molecule has 2 amide bonds. The number of anilines is 1. The van der Waals surface area contributed by atoms with E-state index < -0.39 is 11.6 Å². The van der Waals surface area contributed by atoms with E-state index in [-0.39, 0.29) is 18.4 Å². The number of ether oxygens (including phenoxy) is 1. The second kappa shape index (κ2) is 13.5. The maximum absolute atomic E-state index is 13.3. The van der Waals surface area contributed by atoms with E-state index in [1.807, 2.05) is 55.4 Å². The largest absolute Gasteiger partial charge is 0.459 e. The molecule has 4 aromatic carbocycles. The van der Waals surface area contributed by atoms with E-state index in [9.17, 15) is 14.4 Å². The van der Waals surface area contributed by atoms with E-state index in [1.54, 1.807) is 55.6 Å². The second-order valence-corrected chi connectivity index (χ2v) is 12.4. The average molecular weight is 625 g/mol. The SMILES string of the molecule is CNC(=O)c1ccc(CNC(=O)c2cccc3c(N(CC(=O)OC(C)(C)C)Sc4cc(Cl)cc(Cl)c4)cccc23)cc1. The van der Waals surface area contributed by atoms with Gasteiger partial charge in [0.1, 0.15) is 12.1 Å². The van der Waals surface area contributed by atoms with Gasteiger partial charge in [-0.05, 0) is 86.1 Å². The molecule has 4 aromatic rings. The summed E-state index contributed by atoms with van der Waals surface area (Å²) in [5.41, 5.74) is 1.96. The van der Waals surface area contributed by atoms with Crippen LogP contribution in [0.25, 0.3) is 10.8 Å². The lowest BCUT2D eigenvalue weighted by molar-refractivity contribution is -0.152. The Morgan fingerprint density at radius 2 is 1.50 bits per heavy atom. The van der Waals surface area contributed by atoms with Crippen LogP contribution in [-0.4, -0.2) is 37.0 Å². The van der Waals surface area contributed by atoms with E-state index in [4.69, 9.17) is 27.9 Å². The molecule has 7 nitrogen and oxygen atoms in total. The Morgan fingerprint density at radius 3 is 2.14 bits per heavy atom. The maximum atomic E-state index is 13.3. The molecule has 4 rings (SSSR count). The van der Waals surface area contributed by atoms with E-state index >= 15 is 0 Å². The van der Waals surface area contributed by atoms with Gasteiger partial charge in [0, 0.05) is 45.0 Å². The average Bonchev–Trinajstić information content (AvgIpc) is 2.93. The van der Waals surface area contributed by atoms with Crippen molar-refractivity contribution in [1.82, 2.24) is 10.6 Å². The minimum atomic E-state index is -0.653. The summed E-state index contributed by atoms with van der Waals surface area (Å²) in [6.45, 7) is 5.68. The van der Waals surface area contributed by atoms with Gasteiger partial charge in [0.05, 0.1) is 5.69 Å². The first kappa shape index (κ1) is 31.2. The second-order valence-electron chi connectivity index (χ2n) is 10.5. The van der Waals surface area contributed by atoms with Gasteiger partial charge in [0.2, 0.25) is 0 Å². The van der Waals surface area contributed by atoms with Crippen molar-refractivity contribution >= 4 is 69.4 Å². The van der Waals surface area contributed by atoms with Crippen LogP contribution in [0.5, 0.6) is 0 Å². The van der Waals surface area contributed by atoms with Gasteiger partial charge in [-0.15, -0.1) is 0 Å². The highest BCUT2D eigenvalue weighted by Crippen LogP contribution is 2.37. The van der Waals surface area contributed by atoms with Gasteiger partial charge in [0.25, 0.3) is 11.8 Å². The molecule has 0 saturated carbocycles. The molecule has 42 heavy (non-hydrogen) atoms. The number of amides is 2. The minimum Gasteiger partial charge on any atom is -0.459 e. The highest BCUT2D eigenvalue weighted by Gasteiger charge is 2.23. The molecule has 2 N–H and O–H groups in total. The van der Waals surface area contributed by atoms with Crippen molar-refractivity contribution in [2.24, 2.45) is 0 Å². The van der Waals surface area contributed by atoms with Crippen molar-refractivity contribution in [3.05, 3.63) is 106 Å². The smallest absolute Gasteiger partial charge is 0.327 e. The number of hydrogen-bond acceptors (Lipinski definition) is 6. The number of nitrogens with one attached hydrogen (secondary N) is 2. The maximum Gasteiger partial charge on any atom is 0.327 e. The Balaban J connectivity index is 1.64. The zero-order valence-corrected chi connectivity index (χ0v) is 26.0. The van der Waals surface area contributed by atoms with Crippen molar-refractivity contribution in [2.75, 3.05) is 17.9 Å². The first-order valence-electron chi connectivity index (χ1n) is 13.2. The molecule has 218 valence electrons. The Kier molecular flexibility index (Phi) is 10.0. The van der Waals surface area contributed by atoms with Gasteiger partial charge >= 0.3 is 5.97 Å². The van der Waals surface area contributed by atoms with Crippen LogP contribution in [0.4, 0.5) is 5.69 Å². The number of carbonyl (C=O) groups excluding carboxylic acids is 3. The molecule has 0 atom stereocenters. The lowest BCUT2D eigenvalue weighted by Crippen LogP contribution is -2.31. The molecule has 0 aliphatic rings. The molecule has 0 bridgehead atoms. The molecule has 0 aromatic heterocycles. The predicted octanol–water partition coefficient (Wildman–Crippen LogP) is 7.29. The number of esters is 1. The molecule has 0 saturated heterocycles. The van der Waals surface area contributed by atoms with Crippen molar-refractivity contribution in [1.29, 1.82) is 0 Å². The number of benzene rings is 4. The number of halogens is 2. The standard InChI is InChI=1S/C32H31Cl2N3O4S/c1-32(2,3)41-29(38)19-37(42-24-16-22(33)15-23(34)17-24)28-10-6-7-25-26(28)8-5-9-27(25)31(40)36-18-20-11-13-21(14-12-20)30(39)35-4/h5-17H,18-19H2,1-4H3,(H,35,39)(H,36,40). The van der Waals surface area contributed by atoms with E-state index in [0.29, 0.717) is 27.7 Å². The Hall–Kier alpha value is -3.72. The zero-order valence-electron chi connectivity index (χ0n) is 23.7. The van der Waals surface area contributed by atoms with E-state index in [0.717, 1.165) is 26.9 Å². The molecule has 0 aliphatic heterocycles. The van der Waals surface area contributed by atoms with E-state index in [2.05, 4.69) is 10.6 Å². The van der Waals surface area contributed by atoms with Gasteiger partial charge in [-0.3, -0.25) is 14.4 Å². The summed E-state index contributed by atoms with van der Waals surface area (Å²) >= 11 is 13.8. The summed E-state index contributed by atoms with van der Waals surface area (Å²) in [5.74, 6) is -0.827. The fourth-order valence-electron chi connectivity index (χ4n) is 4.27. The summed E-state index contributed by atoms with van der Waals surface area (Å²) in [7, 11) is 1.58. The lowest BCUT2D eigenvalue weighted by Gasteiger charge is -2.27.